The zero-order valence-electron chi connectivity index (χ0n) is 22.6. The van der Waals surface area contributed by atoms with Crippen molar-refractivity contribution in [3.63, 3.8) is 0 Å². The first-order valence-electron chi connectivity index (χ1n) is 13.1. The summed E-state index contributed by atoms with van der Waals surface area (Å²) in [4.78, 5) is 20.7. The van der Waals surface area contributed by atoms with E-state index >= 15 is 0 Å². The second-order valence-electron chi connectivity index (χ2n) is 10.3. The van der Waals surface area contributed by atoms with Gasteiger partial charge in [0.25, 0.3) is 0 Å². The zero-order chi connectivity index (χ0) is 28.4. The van der Waals surface area contributed by atoms with Crippen molar-refractivity contribution in [2.24, 2.45) is 11.7 Å². The first-order chi connectivity index (χ1) is 19.3. The van der Waals surface area contributed by atoms with E-state index in [1.165, 1.54) is 26.4 Å². The standard InChI is InChI=1S/C29H32F2N6O3/c1-16-8-18(11-24(32)28(16)35-29(38)40-3)21-6-7-33-13-19(21)12-26-34-14-20-4-5-25(36-37(20)26)27-22(30)9-17(15-39-2)10-23(27)31/h4-7,9-10,13-14,16,18,24,28H,8,11-12,15,32H2,1-3H3,(H,35,38)/t16-,18+,24+,28-/m0/s1. The molecule has 1 aliphatic rings. The quantitative estimate of drug-likeness (QED) is 0.351. The van der Waals surface area contributed by atoms with Gasteiger partial charge in [0.2, 0.25) is 0 Å². The highest BCUT2D eigenvalue weighted by Gasteiger charge is 2.36. The lowest BCUT2D eigenvalue weighted by molar-refractivity contribution is 0.149. The SMILES string of the molecule is COCc1cc(F)c(-c2ccc3cnc(Cc4cnccc4[C@H]4C[C@@H](N)[C@@H](NC(=O)OC)[C@@H](C)C4)n3n2)c(F)c1. The Morgan fingerprint density at radius 2 is 1.93 bits per heavy atom. The highest BCUT2D eigenvalue weighted by Crippen LogP contribution is 2.37. The van der Waals surface area contributed by atoms with E-state index in [9.17, 15) is 13.6 Å². The maximum atomic E-state index is 14.9. The number of hydrogen-bond acceptors (Lipinski definition) is 7. The van der Waals surface area contributed by atoms with Gasteiger partial charge < -0.3 is 20.5 Å². The van der Waals surface area contributed by atoms with Crippen LogP contribution in [0.2, 0.25) is 0 Å². The minimum atomic E-state index is -0.710. The second kappa shape index (κ2) is 11.6. The fourth-order valence-electron chi connectivity index (χ4n) is 5.75. The van der Waals surface area contributed by atoms with Gasteiger partial charge >= 0.3 is 6.09 Å². The molecule has 3 aromatic heterocycles. The highest BCUT2D eigenvalue weighted by atomic mass is 19.1. The average molecular weight is 551 g/mol. The number of alkyl carbamates (subject to hydrolysis) is 1. The summed E-state index contributed by atoms with van der Waals surface area (Å²) in [6.45, 7) is 2.17. The van der Waals surface area contributed by atoms with Gasteiger partial charge in [0.1, 0.15) is 17.5 Å². The Bertz CT molecular complexity index is 1490. The molecule has 0 aliphatic heterocycles. The number of aromatic nitrogens is 4. The van der Waals surface area contributed by atoms with Gasteiger partial charge in [0.05, 0.1) is 36.7 Å². The van der Waals surface area contributed by atoms with Gasteiger partial charge in [-0.25, -0.2) is 23.1 Å². The molecule has 0 unspecified atom stereocenters. The van der Waals surface area contributed by atoms with E-state index in [1.54, 1.807) is 29.0 Å². The Balaban J connectivity index is 1.43. The molecule has 1 amide bonds. The van der Waals surface area contributed by atoms with E-state index in [4.69, 9.17) is 15.2 Å². The van der Waals surface area contributed by atoms with E-state index in [0.717, 1.165) is 17.5 Å². The van der Waals surface area contributed by atoms with Gasteiger partial charge in [-0.15, -0.1) is 0 Å². The van der Waals surface area contributed by atoms with Crippen LogP contribution >= 0.6 is 0 Å². The molecule has 4 atom stereocenters. The molecular weight excluding hydrogens is 518 g/mol. The third-order valence-corrected chi connectivity index (χ3v) is 7.61. The second-order valence-corrected chi connectivity index (χ2v) is 10.3. The lowest BCUT2D eigenvalue weighted by Gasteiger charge is -2.39. The zero-order valence-corrected chi connectivity index (χ0v) is 22.6. The van der Waals surface area contributed by atoms with Crippen LogP contribution in [0.4, 0.5) is 13.6 Å². The third kappa shape index (κ3) is 5.52. The lowest BCUT2D eigenvalue weighted by Crippen LogP contribution is -2.54. The monoisotopic (exact) mass is 550 g/mol. The number of imidazole rings is 1. The number of ether oxygens (including phenoxy) is 2. The molecule has 3 heterocycles. The number of pyridine rings is 1. The minimum absolute atomic E-state index is 0.104. The fourth-order valence-corrected chi connectivity index (χ4v) is 5.75. The van der Waals surface area contributed by atoms with Gasteiger partial charge in [-0.3, -0.25) is 4.98 Å². The van der Waals surface area contributed by atoms with Gasteiger partial charge in [-0.1, -0.05) is 6.92 Å². The number of nitrogens with one attached hydrogen (secondary N) is 1. The Kier molecular flexibility index (Phi) is 8.04. The molecule has 1 aromatic carbocycles. The highest BCUT2D eigenvalue weighted by molar-refractivity contribution is 5.67. The molecule has 4 aromatic rings. The Morgan fingerprint density at radius 1 is 1.15 bits per heavy atom. The molecule has 1 fully saturated rings. The number of benzene rings is 1. The maximum absolute atomic E-state index is 14.9. The summed E-state index contributed by atoms with van der Waals surface area (Å²) in [6.07, 6.45) is 6.67. The summed E-state index contributed by atoms with van der Waals surface area (Å²) in [5, 5.41) is 7.43. The molecule has 0 saturated heterocycles. The van der Waals surface area contributed by atoms with E-state index < -0.39 is 17.7 Å². The van der Waals surface area contributed by atoms with Gasteiger partial charge in [-0.05, 0) is 71.7 Å². The summed E-state index contributed by atoms with van der Waals surface area (Å²) in [5.74, 6) is -0.523. The maximum Gasteiger partial charge on any atom is 0.407 e. The number of halogens is 2. The number of hydrogen-bond donors (Lipinski definition) is 2. The number of fused-ring (bicyclic) bond motifs is 1. The normalized spacial score (nSPS) is 20.9. The van der Waals surface area contributed by atoms with Crippen LogP contribution in [0.15, 0.2) is 48.9 Å². The molecule has 11 heteroatoms. The average Bonchev–Trinajstić information content (AvgIpc) is 3.32. The van der Waals surface area contributed by atoms with Gasteiger partial charge in [0.15, 0.2) is 0 Å². The summed E-state index contributed by atoms with van der Waals surface area (Å²) < 4.78 is 41.2. The van der Waals surface area contributed by atoms with Gasteiger partial charge in [0, 0.05) is 38.0 Å². The van der Waals surface area contributed by atoms with Crippen LogP contribution in [-0.2, 0) is 22.5 Å². The van der Waals surface area contributed by atoms with Crippen molar-refractivity contribution in [3.8, 4) is 11.3 Å². The van der Waals surface area contributed by atoms with Crippen LogP contribution in [-0.4, -0.2) is 52.0 Å². The Labute approximate surface area is 230 Å². The Hall–Kier alpha value is -3.96. The topological polar surface area (TPSA) is 117 Å². The van der Waals surface area contributed by atoms with Crippen molar-refractivity contribution in [2.45, 2.75) is 50.8 Å². The number of nitrogens with zero attached hydrogens (tertiary/aromatic N) is 4. The Morgan fingerprint density at radius 3 is 2.62 bits per heavy atom. The molecule has 40 heavy (non-hydrogen) atoms. The molecule has 3 N–H and O–H groups in total. The number of carbonyl (C=O) groups is 1. The largest absolute Gasteiger partial charge is 0.453 e. The third-order valence-electron chi connectivity index (χ3n) is 7.61. The first-order valence-corrected chi connectivity index (χ1v) is 13.1. The number of carbonyl (C=O) groups excluding carboxylic acids is 1. The first kappa shape index (κ1) is 27.6. The van der Waals surface area contributed by atoms with Crippen molar-refractivity contribution in [3.05, 3.63) is 83.1 Å². The number of nitrogens with two attached hydrogens (primary N) is 1. The number of amides is 1. The molecule has 0 bridgehead atoms. The van der Waals surface area contributed by atoms with Crippen molar-refractivity contribution in [1.29, 1.82) is 0 Å². The molecule has 9 nitrogen and oxygen atoms in total. The van der Waals surface area contributed by atoms with Crippen LogP contribution < -0.4 is 11.1 Å². The van der Waals surface area contributed by atoms with E-state index in [-0.39, 0.29) is 41.8 Å². The molecular formula is C29H32F2N6O3. The summed E-state index contributed by atoms with van der Waals surface area (Å²) >= 11 is 0. The van der Waals surface area contributed by atoms with Crippen LogP contribution in [0.25, 0.3) is 16.8 Å². The molecule has 5 rings (SSSR count). The summed E-state index contributed by atoms with van der Waals surface area (Å²) in [6, 6.07) is 7.40. The smallest absolute Gasteiger partial charge is 0.407 e. The fraction of sp³-hybridized carbons (Fsp3) is 0.379. The van der Waals surface area contributed by atoms with E-state index in [2.05, 4.69) is 27.3 Å². The predicted octanol–water partition coefficient (Wildman–Crippen LogP) is 4.37. The molecule has 0 spiro atoms. The van der Waals surface area contributed by atoms with Crippen molar-refractivity contribution < 1.29 is 23.0 Å². The van der Waals surface area contributed by atoms with Crippen molar-refractivity contribution in [1.82, 2.24) is 24.9 Å². The molecule has 1 saturated carbocycles. The molecule has 210 valence electrons. The van der Waals surface area contributed by atoms with Crippen molar-refractivity contribution >= 4 is 11.6 Å². The van der Waals surface area contributed by atoms with Crippen LogP contribution in [0.1, 0.15) is 48.2 Å². The predicted molar refractivity (Wildman–Crippen MR) is 145 cm³/mol. The van der Waals surface area contributed by atoms with Gasteiger partial charge in [-0.2, -0.15) is 5.10 Å². The van der Waals surface area contributed by atoms with Crippen LogP contribution in [0, 0.1) is 17.6 Å². The van der Waals surface area contributed by atoms with E-state index in [1.807, 2.05) is 12.3 Å². The number of rotatable bonds is 7. The summed E-state index contributed by atoms with van der Waals surface area (Å²) in [5.41, 5.74) is 9.63. The summed E-state index contributed by atoms with van der Waals surface area (Å²) in [7, 11) is 2.80. The van der Waals surface area contributed by atoms with Crippen LogP contribution in [0.3, 0.4) is 0 Å². The molecule has 0 radical (unpaired) electrons. The van der Waals surface area contributed by atoms with Crippen molar-refractivity contribution in [2.75, 3.05) is 14.2 Å². The number of methoxy groups -OCH3 is 2. The van der Waals surface area contributed by atoms with Crippen LogP contribution in [0.5, 0.6) is 0 Å². The minimum Gasteiger partial charge on any atom is -0.453 e. The lowest BCUT2D eigenvalue weighted by atomic mass is 9.72. The van der Waals surface area contributed by atoms with E-state index in [0.29, 0.717) is 29.7 Å². The molecule has 1 aliphatic carbocycles.